The standard InChI is InChI=1S/C21H14BrN3O3/c22-14-10-12-15(13-11-14)23-19-17-8-4-5-9-18(17)24(16-6-2-1-3-7-16)21(26)20(19)25(27)28/h1-13,23H. The van der Waals surface area contributed by atoms with E-state index in [9.17, 15) is 14.9 Å². The quantitative estimate of drug-likeness (QED) is 0.343. The molecule has 0 amide bonds. The van der Waals surface area contributed by atoms with E-state index in [2.05, 4.69) is 21.2 Å². The molecule has 0 spiro atoms. The lowest BCUT2D eigenvalue weighted by atomic mass is 10.1. The van der Waals surface area contributed by atoms with Crippen molar-refractivity contribution in [2.24, 2.45) is 0 Å². The lowest BCUT2D eigenvalue weighted by molar-refractivity contribution is -0.385. The molecule has 7 heteroatoms. The van der Waals surface area contributed by atoms with E-state index in [0.717, 1.165) is 4.47 Å². The van der Waals surface area contributed by atoms with Crippen LogP contribution in [0.1, 0.15) is 0 Å². The number of pyridine rings is 1. The van der Waals surface area contributed by atoms with Gasteiger partial charge in [-0.2, -0.15) is 0 Å². The maximum absolute atomic E-state index is 13.2. The Bertz CT molecular complexity index is 1240. The lowest BCUT2D eigenvalue weighted by Gasteiger charge is -2.15. The second-order valence-corrected chi connectivity index (χ2v) is 7.02. The number of aromatic nitrogens is 1. The van der Waals surface area contributed by atoms with E-state index < -0.39 is 16.2 Å². The number of benzene rings is 3. The molecule has 0 saturated carbocycles. The Morgan fingerprint density at radius 3 is 2.21 bits per heavy atom. The summed E-state index contributed by atoms with van der Waals surface area (Å²) in [6, 6.07) is 23.2. The van der Waals surface area contributed by atoms with Crippen LogP contribution in [0.25, 0.3) is 16.6 Å². The topological polar surface area (TPSA) is 77.2 Å². The van der Waals surface area contributed by atoms with Gasteiger partial charge in [-0.05, 0) is 42.5 Å². The third-order valence-corrected chi connectivity index (χ3v) is 4.90. The highest BCUT2D eigenvalue weighted by Crippen LogP contribution is 2.34. The summed E-state index contributed by atoms with van der Waals surface area (Å²) in [4.78, 5) is 24.4. The maximum Gasteiger partial charge on any atom is 0.358 e. The van der Waals surface area contributed by atoms with Gasteiger partial charge >= 0.3 is 11.2 Å². The van der Waals surface area contributed by atoms with Crippen LogP contribution in [0.4, 0.5) is 17.1 Å². The maximum atomic E-state index is 13.2. The Balaban J connectivity index is 2.05. The number of nitro groups is 1. The van der Waals surface area contributed by atoms with Crippen LogP contribution < -0.4 is 10.9 Å². The fraction of sp³-hybridized carbons (Fsp3) is 0. The van der Waals surface area contributed by atoms with Gasteiger partial charge in [0.1, 0.15) is 5.69 Å². The molecule has 1 aromatic heterocycles. The van der Waals surface area contributed by atoms with Crippen molar-refractivity contribution in [3.8, 4) is 5.69 Å². The highest BCUT2D eigenvalue weighted by atomic mass is 79.9. The largest absolute Gasteiger partial charge is 0.358 e. The predicted octanol–water partition coefficient (Wildman–Crippen LogP) is 5.41. The molecule has 6 nitrogen and oxygen atoms in total. The van der Waals surface area contributed by atoms with Crippen molar-refractivity contribution in [1.29, 1.82) is 0 Å². The molecular formula is C21H14BrN3O3. The predicted molar refractivity (Wildman–Crippen MR) is 114 cm³/mol. The monoisotopic (exact) mass is 435 g/mol. The Morgan fingerprint density at radius 2 is 1.54 bits per heavy atom. The van der Waals surface area contributed by atoms with Gasteiger partial charge in [-0.3, -0.25) is 19.5 Å². The molecule has 1 N–H and O–H groups in total. The van der Waals surface area contributed by atoms with Crippen LogP contribution in [0.5, 0.6) is 0 Å². The van der Waals surface area contributed by atoms with E-state index >= 15 is 0 Å². The van der Waals surface area contributed by atoms with E-state index in [-0.39, 0.29) is 5.69 Å². The molecule has 0 saturated heterocycles. The molecule has 4 rings (SSSR count). The first-order chi connectivity index (χ1) is 13.6. The zero-order valence-electron chi connectivity index (χ0n) is 14.5. The van der Waals surface area contributed by atoms with Crippen LogP contribution in [0, 0.1) is 10.1 Å². The second-order valence-electron chi connectivity index (χ2n) is 6.11. The van der Waals surface area contributed by atoms with E-state index in [1.54, 1.807) is 60.7 Å². The van der Waals surface area contributed by atoms with Gasteiger partial charge in [0.25, 0.3) is 0 Å². The summed E-state index contributed by atoms with van der Waals surface area (Å²) in [7, 11) is 0. The van der Waals surface area contributed by atoms with E-state index in [1.165, 1.54) is 4.57 Å². The summed E-state index contributed by atoms with van der Waals surface area (Å²) in [5.74, 6) is 0. The number of nitrogens with one attached hydrogen (secondary N) is 1. The highest BCUT2D eigenvalue weighted by Gasteiger charge is 2.26. The molecule has 4 aromatic rings. The van der Waals surface area contributed by atoms with Crippen molar-refractivity contribution in [1.82, 2.24) is 4.57 Å². The molecule has 0 aliphatic carbocycles. The number of hydrogen-bond donors (Lipinski definition) is 1. The second kappa shape index (κ2) is 7.28. The molecule has 138 valence electrons. The molecule has 1 heterocycles. The van der Waals surface area contributed by atoms with Crippen molar-refractivity contribution in [2.75, 3.05) is 5.32 Å². The smallest absolute Gasteiger partial charge is 0.349 e. The molecule has 0 aliphatic rings. The fourth-order valence-corrected chi connectivity index (χ4v) is 3.40. The van der Waals surface area contributed by atoms with Gasteiger partial charge in [-0.25, -0.2) is 0 Å². The Morgan fingerprint density at radius 1 is 0.893 bits per heavy atom. The van der Waals surface area contributed by atoms with Crippen LogP contribution in [0.2, 0.25) is 0 Å². The number of halogens is 1. The normalized spacial score (nSPS) is 10.8. The van der Waals surface area contributed by atoms with E-state index in [1.807, 2.05) is 18.2 Å². The Hall–Kier alpha value is -3.45. The fourth-order valence-electron chi connectivity index (χ4n) is 3.14. The minimum atomic E-state index is -0.686. The summed E-state index contributed by atoms with van der Waals surface area (Å²) >= 11 is 3.37. The average molecular weight is 436 g/mol. The summed E-state index contributed by atoms with van der Waals surface area (Å²) in [6.07, 6.45) is 0. The molecule has 0 aliphatic heterocycles. The summed E-state index contributed by atoms with van der Waals surface area (Å²) in [6.45, 7) is 0. The van der Waals surface area contributed by atoms with Gasteiger partial charge < -0.3 is 5.32 Å². The third kappa shape index (κ3) is 3.16. The number of anilines is 2. The summed E-state index contributed by atoms with van der Waals surface area (Å²) in [5.41, 5.74) is 0.805. The first kappa shape index (κ1) is 17.9. The molecule has 28 heavy (non-hydrogen) atoms. The SMILES string of the molecule is O=c1c([N+](=O)[O-])c(Nc2ccc(Br)cc2)c2ccccc2n1-c1ccccc1. The van der Waals surface area contributed by atoms with Crippen molar-refractivity contribution in [3.63, 3.8) is 0 Å². The molecule has 0 radical (unpaired) electrons. The summed E-state index contributed by atoms with van der Waals surface area (Å²) < 4.78 is 2.26. The van der Waals surface area contributed by atoms with Crippen LogP contribution in [0.15, 0.2) is 88.1 Å². The zero-order valence-corrected chi connectivity index (χ0v) is 16.1. The number of fused-ring (bicyclic) bond motifs is 1. The minimum Gasteiger partial charge on any atom is -0.349 e. The highest BCUT2D eigenvalue weighted by molar-refractivity contribution is 9.10. The molecule has 0 unspecified atom stereocenters. The Labute approximate surface area is 168 Å². The van der Waals surface area contributed by atoms with Crippen molar-refractivity contribution in [3.05, 3.63) is 104 Å². The molecule has 0 atom stereocenters. The van der Waals surface area contributed by atoms with Gasteiger partial charge in [-0.1, -0.05) is 52.3 Å². The molecule has 3 aromatic carbocycles. The Kier molecular flexibility index (Phi) is 4.67. The van der Waals surface area contributed by atoms with E-state index in [0.29, 0.717) is 22.3 Å². The van der Waals surface area contributed by atoms with Crippen LogP contribution in [0.3, 0.4) is 0 Å². The van der Waals surface area contributed by atoms with Gasteiger partial charge in [0, 0.05) is 21.2 Å². The van der Waals surface area contributed by atoms with Crippen LogP contribution in [-0.4, -0.2) is 9.49 Å². The number of rotatable bonds is 4. The lowest BCUT2D eigenvalue weighted by Crippen LogP contribution is -2.23. The van der Waals surface area contributed by atoms with Gasteiger partial charge in [0.15, 0.2) is 0 Å². The van der Waals surface area contributed by atoms with Gasteiger partial charge in [0.05, 0.1) is 10.4 Å². The number of nitrogens with zero attached hydrogens (tertiary/aromatic N) is 2. The molecule has 0 fully saturated rings. The first-order valence-corrected chi connectivity index (χ1v) is 9.26. The third-order valence-electron chi connectivity index (χ3n) is 4.37. The summed E-state index contributed by atoms with van der Waals surface area (Å²) in [5, 5.41) is 15.5. The minimum absolute atomic E-state index is 0.181. The van der Waals surface area contributed by atoms with Crippen molar-refractivity contribution < 1.29 is 4.92 Å². The number of para-hydroxylation sites is 2. The van der Waals surface area contributed by atoms with E-state index in [4.69, 9.17) is 0 Å². The van der Waals surface area contributed by atoms with Crippen LogP contribution in [-0.2, 0) is 0 Å². The van der Waals surface area contributed by atoms with Gasteiger partial charge in [0.2, 0.25) is 0 Å². The molecular weight excluding hydrogens is 422 g/mol. The van der Waals surface area contributed by atoms with Gasteiger partial charge in [-0.15, -0.1) is 0 Å². The number of hydrogen-bond acceptors (Lipinski definition) is 4. The van der Waals surface area contributed by atoms with Crippen molar-refractivity contribution in [2.45, 2.75) is 0 Å². The van der Waals surface area contributed by atoms with Crippen molar-refractivity contribution >= 4 is 43.9 Å². The van der Waals surface area contributed by atoms with Crippen LogP contribution >= 0.6 is 15.9 Å². The first-order valence-electron chi connectivity index (χ1n) is 8.46. The average Bonchev–Trinajstić information content (AvgIpc) is 2.70. The molecule has 0 bridgehead atoms. The zero-order chi connectivity index (χ0) is 19.7.